The summed E-state index contributed by atoms with van der Waals surface area (Å²) in [4.78, 5) is 0. The molecular formula is C16H24O2. The first-order valence-corrected chi connectivity index (χ1v) is 7.18. The molecule has 1 aromatic carbocycles. The van der Waals surface area contributed by atoms with E-state index in [0.29, 0.717) is 5.92 Å². The molecule has 0 spiro atoms. The number of aliphatic hydroxyl groups is 1. The molecule has 0 saturated heterocycles. The molecular weight excluding hydrogens is 224 g/mol. The normalized spacial score (nSPS) is 18.8. The Hall–Kier alpha value is -1.02. The van der Waals surface area contributed by atoms with E-state index in [1.807, 2.05) is 12.1 Å². The number of benzene rings is 1. The van der Waals surface area contributed by atoms with Crippen LogP contribution in [0.2, 0.25) is 0 Å². The van der Waals surface area contributed by atoms with Crippen molar-refractivity contribution < 1.29 is 9.84 Å². The summed E-state index contributed by atoms with van der Waals surface area (Å²) in [6.45, 7) is 5.18. The fraction of sp³-hybridized carbons (Fsp3) is 0.625. The average Bonchev–Trinajstić information content (AvgIpc) is 2.41. The van der Waals surface area contributed by atoms with Crippen LogP contribution in [-0.4, -0.2) is 11.7 Å². The fourth-order valence-electron chi connectivity index (χ4n) is 2.58. The van der Waals surface area contributed by atoms with Crippen molar-refractivity contribution in [1.29, 1.82) is 0 Å². The van der Waals surface area contributed by atoms with Crippen molar-refractivity contribution in [2.45, 2.75) is 52.1 Å². The van der Waals surface area contributed by atoms with Crippen molar-refractivity contribution in [1.82, 2.24) is 0 Å². The van der Waals surface area contributed by atoms with Gasteiger partial charge in [-0.3, -0.25) is 0 Å². The maximum absolute atomic E-state index is 10.00. The Bertz CT molecular complexity index is 383. The fourth-order valence-corrected chi connectivity index (χ4v) is 2.58. The molecule has 0 aliphatic heterocycles. The molecule has 1 aliphatic rings. The van der Waals surface area contributed by atoms with E-state index in [2.05, 4.69) is 19.9 Å². The van der Waals surface area contributed by atoms with E-state index < -0.39 is 0 Å². The predicted molar refractivity (Wildman–Crippen MR) is 73.9 cm³/mol. The van der Waals surface area contributed by atoms with Crippen molar-refractivity contribution >= 4 is 0 Å². The highest BCUT2D eigenvalue weighted by Gasteiger charge is 2.18. The van der Waals surface area contributed by atoms with Crippen molar-refractivity contribution in [3.8, 4) is 5.75 Å². The molecule has 1 aromatic rings. The van der Waals surface area contributed by atoms with Gasteiger partial charge in [0.1, 0.15) is 5.75 Å². The third-order valence-electron chi connectivity index (χ3n) is 4.04. The minimum Gasteiger partial charge on any atom is -0.493 e. The highest BCUT2D eigenvalue weighted by atomic mass is 16.5. The largest absolute Gasteiger partial charge is 0.493 e. The van der Waals surface area contributed by atoms with Gasteiger partial charge in [-0.1, -0.05) is 32.8 Å². The minimum absolute atomic E-state index is 0.301. The number of aliphatic hydroxyl groups excluding tert-OH is 1. The second-order valence-electron chi connectivity index (χ2n) is 5.26. The highest BCUT2D eigenvalue weighted by molar-refractivity contribution is 5.38. The minimum atomic E-state index is -0.301. The number of aryl methyl sites for hydroxylation is 1. The molecule has 18 heavy (non-hydrogen) atoms. The van der Waals surface area contributed by atoms with Crippen LogP contribution in [0.3, 0.4) is 0 Å². The smallest absolute Gasteiger partial charge is 0.119 e. The standard InChI is InChI=1S/C16H24O2/c1-3-12(4-2)11-18-14-9-8-13-6-5-7-16(17)15(13)10-14/h8-10,12,16-17H,3-7,11H2,1-2H3/t16-/m1/s1. The van der Waals surface area contributed by atoms with Gasteiger partial charge in [-0.05, 0) is 48.4 Å². The average molecular weight is 248 g/mol. The number of hydrogen-bond donors (Lipinski definition) is 1. The van der Waals surface area contributed by atoms with E-state index in [0.717, 1.165) is 50.0 Å². The summed E-state index contributed by atoms with van der Waals surface area (Å²) in [7, 11) is 0. The molecule has 0 bridgehead atoms. The highest BCUT2D eigenvalue weighted by Crippen LogP contribution is 2.32. The van der Waals surface area contributed by atoms with E-state index in [-0.39, 0.29) is 6.10 Å². The maximum atomic E-state index is 10.00. The number of ether oxygens (including phenoxy) is 1. The van der Waals surface area contributed by atoms with Gasteiger partial charge in [0.15, 0.2) is 0 Å². The van der Waals surface area contributed by atoms with Crippen LogP contribution in [-0.2, 0) is 6.42 Å². The van der Waals surface area contributed by atoms with Crippen LogP contribution in [0.1, 0.15) is 56.8 Å². The van der Waals surface area contributed by atoms with E-state index in [9.17, 15) is 5.11 Å². The molecule has 1 aliphatic carbocycles. The summed E-state index contributed by atoms with van der Waals surface area (Å²) in [5, 5.41) is 10.00. The molecule has 0 saturated carbocycles. The van der Waals surface area contributed by atoms with E-state index in [1.54, 1.807) is 0 Å². The monoisotopic (exact) mass is 248 g/mol. The predicted octanol–water partition coefficient (Wildman–Crippen LogP) is 3.87. The lowest BCUT2D eigenvalue weighted by Gasteiger charge is -2.22. The lowest BCUT2D eigenvalue weighted by atomic mass is 9.89. The maximum Gasteiger partial charge on any atom is 0.119 e. The molecule has 0 radical (unpaired) electrons. The Kier molecular flexibility index (Phi) is 4.65. The number of fused-ring (bicyclic) bond motifs is 1. The zero-order chi connectivity index (χ0) is 13.0. The van der Waals surface area contributed by atoms with Gasteiger partial charge >= 0.3 is 0 Å². The first kappa shape index (κ1) is 13.4. The van der Waals surface area contributed by atoms with E-state index >= 15 is 0 Å². The third kappa shape index (κ3) is 3.05. The second-order valence-corrected chi connectivity index (χ2v) is 5.26. The van der Waals surface area contributed by atoms with Gasteiger partial charge in [0.25, 0.3) is 0 Å². The molecule has 1 N–H and O–H groups in total. The molecule has 0 heterocycles. The quantitative estimate of drug-likeness (QED) is 0.857. The zero-order valence-corrected chi connectivity index (χ0v) is 11.5. The Morgan fingerprint density at radius 2 is 2.11 bits per heavy atom. The first-order valence-electron chi connectivity index (χ1n) is 7.18. The van der Waals surface area contributed by atoms with E-state index in [4.69, 9.17) is 4.74 Å². The lowest BCUT2D eigenvalue weighted by molar-refractivity contribution is 0.155. The molecule has 100 valence electrons. The van der Waals surface area contributed by atoms with Gasteiger partial charge < -0.3 is 9.84 Å². The molecule has 2 heteroatoms. The Morgan fingerprint density at radius 1 is 1.33 bits per heavy atom. The third-order valence-corrected chi connectivity index (χ3v) is 4.04. The summed E-state index contributed by atoms with van der Waals surface area (Å²) in [5.41, 5.74) is 2.35. The van der Waals surface area contributed by atoms with Crippen molar-refractivity contribution in [3.05, 3.63) is 29.3 Å². The van der Waals surface area contributed by atoms with Gasteiger partial charge in [0, 0.05) is 0 Å². The molecule has 2 rings (SSSR count). The number of hydrogen-bond acceptors (Lipinski definition) is 2. The number of rotatable bonds is 5. The van der Waals surface area contributed by atoms with Crippen LogP contribution in [0, 0.1) is 5.92 Å². The van der Waals surface area contributed by atoms with Crippen LogP contribution in [0.15, 0.2) is 18.2 Å². The molecule has 0 amide bonds. The molecule has 1 atom stereocenters. The van der Waals surface area contributed by atoms with E-state index in [1.165, 1.54) is 5.56 Å². The Labute approximate surface area is 110 Å². The van der Waals surface area contributed by atoms with Gasteiger partial charge in [-0.2, -0.15) is 0 Å². The van der Waals surface area contributed by atoms with Crippen LogP contribution in [0.25, 0.3) is 0 Å². The van der Waals surface area contributed by atoms with Crippen molar-refractivity contribution in [2.75, 3.05) is 6.61 Å². The second kappa shape index (κ2) is 6.24. The Morgan fingerprint density at radius 3 is 2.83 bits per heavy atom. The van der Waals surface area contributed by atoms with Gasteiger partial charge in [-0.15, -0.1) is 0 Å². The summed E-state index contributed by atoms with van der Waals surface area (Å²) >= 11 is 0. The van der Waals surface area contributed by atoms with Crippen LogP contribution in [0.5, 0.6) is 5.75 Å². The Balaban J connectivity index is 2.04. The topological polar surface area (TPSA) is 29.5 Å². The van der Waals surface area contributed by atoms with Crippen molar-refractivity contribution in [3.63, 3.8) is 0 Å². The summed E-state index contributed by atoms with van der Waals surface area (Å²) in [6, 6.07) is 6.18. The summed E-state index contributed by atoms with van der Waals surface area (Å²) in [5.74, 6) is 1.53. The van der Waals surface area contributed by atoms with Crippen LogP contribution < -0.4 is 4.74 Å². The van der Waals surface area contributed by atoms with Crippen molar-refractivity contribution in [2.24, 2.45) is 5.92 Å². The molecule has 0 fully saturated rings. The lowest BCUT2D eigenvalue weighted by Crippen LogP contribution is -2.12. The zero-order valence-electron chi connectivity index (χ0n) is 11.5. The van der Waals surface area contributed by atoms with Crippen LogP contribution in [0.4, 0.5) is 0 Å². The SMILES string of the molecule is CCC(CC)COc1ccc2c(c1)[C@H](O)CCC2. The van der Waals surface area contributed by atoms with Gasteiger partial charge in [0.05, 0.1) is 12.7 Å². The first-order chi connectivity index (χ1) is 8.74. The summed E-state index contributed by atoms with van der Waals surface area (Å²) < 4.78 is 5.85. The molecule has 0 aromatic heterocycles. The van der Waals surface area contributed by atoms with Gasteiger partial charge in [0.2, 0.25) is 0 Å². The summed E-state index contributed by atoms with van der Waals surface area (Å²) in [6.07, 6.45) is 5.06. The van der Waals surface area contributed by atoms with Gasteiger partial charge in [-0.25, -0.2) is 0 Å². The van der Waals surface area contributed by atoms with Crippen LogP contribution >= 0.6 is 0 Å². The molecule has 2 nitrogen and oxygen atoms in total. The molecule has 0 unspecified atom stereocenters.